The van der Waals surface area contributed by atoms with E-state index in [2.05, 4.69) is 10.2 Å². The molecule has 1 fully saturated rings. The van der Waals surface area contributed by atoms with E-state index >= 15 is 0 Å². The van der Waals surface area contributed by atoms with E-state index < -0.39 is 17.8 Å². The van der Waals surface area contributed by atoms with Gasteiger partial charge in [-0.1, -0.05) is 12.1 Å². The molecular formula is C18H27N3O4. The van der Waals surface area contributed by atoms with Gasteiger partial charge in [0.25, 0.3) is 0 Å². The normalized spacial score (nSPS) is 16.3. The zero-order valence-electron chi connectivity index (χ0n) is 15.3. The number of hydrogen-bond donors (Lipinski definition) is 2. The standard InChI is InChI=1S/C18H27N3O4/c1-13(19-16(22)25-18(2,3)4)14-6-5-7-15(12-14)20-8-10-21(11-9-20)17(23)24/h5-7,12-13H,8-11H2,1-4H3,(H,19,22)(H,23,24). The van der Waals surface area contributed by atoms with Crippen LogP contribution in [0, 0.1) is 0 Å². The molecule has 2 N–H and O–H groups in total. The second-order valence-corrected chi connectivity index (χ2v) is 7.22. The molecule has 0 bridgehead atoms. The molecule has 1 aromatic rings. The summed E-state index contributed by atoms with van der Waals surface area (Å²) in [5.74, 6) is 0. The number of benzene rings is 1. The number of carboxylic acid groups (broad SMARTS) is 1. The van der Waals surface area contributed by atoms with E-state index in [1.165, 1.54) is 4.90 Å². The highest BCUT2D eigenvalue weighted by Crippen LogP contribution is 2.22. The third kappa shape index (κ3) is 5.55. The Morgan fingerprint density at radius 3 is 2.40 bits per heavy atom. The predicted molar refractivity (Wildman–Crippen MR) is 96.0 cm³/mol. The van der Waals surface area contributed by atoms with Gasteiger partial charge in [-0.3, -0.25) is 0 Å². The van der Waals surface area contributed by atoms with E-state index in [4.69, 9.17) is 9.84 Å². The SMILES string of the molecule is CC(NC(=O)OC(C)(C)C)c1cccc(N2CCN(C(=O)O)CC2)c1. The van der Waals surface area contributed by atoms with Crippen molar-refractivity contribution in [3.8, 4) is 0 Å². The molecule has 1 unspecified atom stereocenters. The van der Waals surface area contributed by atoms with Crippen molar-refractivity contribution in [2.45, 2.75) is 39.3 Å². The molecule has 7 nitrogen and oxygen atoms in total. The van der Waals surface area contributed by atoms with Gasteiger partial charge >= 0.3 is 12.2 Å². The summed E-state index contributed by atoms with van der Waals surface area (Å²) < 4.78 is 5.29. The third-order valence-corrected chi connectivity index (χ3v) is 4.02. The van der Waals surface area contributed by atoms with Crippen molar-refractivity contribution in [3.05, 3.63) is 29.8 Å². The van der Waals surface area contributed by atoms with Crippen LogP contribution >= 0.6 is 0 Å². The zero-order valence-corrected chi connectivity index (χ0v) is 15.3. The molecule has 0 aliphatic carbocycles. The summed E-state index contributed by atoms with van der Waals surface area (Å²) in [5, 5.41) is 11.9. The third-order valence-electron chi connectivity index (χ3n) is 4.02. The van der Waals surface area contributed by atoms with E-state index in [1.54, 1.807) is 0 Å². The quantitative estimate of drug-likeness (QED) is 0.876. The highest BCUT2D eigenvalue weighted by Gasteiger charge is 2.22. The van der Waals surface area contributed by atoms with Crippen LogP contribution in [0.4, 0.5) is 15.3 Å². The molecule has 2 amide bonds. The molecule has 1 atom stereocenters. The molecule has 1 aliphatic heterocycles. The van der Waals surface area contributed by atoms with Gasteiger partial charge in [-0.25, -0.2) is 9.59 Å². The lowest BCUT2D eigenvalue weighted by molar-refractivity contribution is 0.0508. The Bertz CT molecular complexity index is 619. The highest BCUT2D eigenvalue weighted by atomic mass is 16.6. The molecule has 0 saturated carbocycles. The Morgan fingerprint density at radius 2 is 1.84 bits per heavy atom. The molecule has 0 aromatic heterocycles. The van der Waals surface area contributed by atoms with Crippen molar-refractivity contribution in [1.82, 2.24) is 10.2 Å². The van der Waals surface area contributed by atoms with E-state index in [-0.39, 0.29) is 6.04 Å². The van der Waals surface area contributed by atoms with Gasteiger partial charge in [-0.15, -0.1) is 0 Å². The lowest BCUT2D eigenvalue weighted by atomic mass is 10.1. The van der Waals surface area contributed by atoms with Crippen molar-refractivity contribution in [2.75, 3.05) is 31.1 Å². The summed E-state index contributed by atoms with van der Waals surface area (Å²) in [6, 6.07) is 7.74. The number of hydrogen-bond acceptors (Lipinski definition) is 4. The predicted octanol–water partition coefficient (Wildman–Crippen LogP) is 3.07. The number of carbonyl (C=O) groups excluding carboxylic acids is 1. The molecule has 0 radical (unpaired) electrons. The number of carbonyl (C=O) groups is 2. The zero-order chi connectivity index (χ0) is 18.6. The lowest BCUT2D eigenvalue weighted by Gasteiger charge is -2.35. The summed E-state index contributed by atoms with van der Waals surface area (Å²) in [5.41, 5.74) is 1.47. The van der Waals surface area contributed by atoms with Crippen molar-refractivity contribution in [1.29, 1.82) is 0 Å². The fraction of sp³-hybridized carbons (Fsp3) is 0.556. The second-order valence-electron chi connectivity index (χ2n) is 7.22. The van der Waals surface area contributed by atoms with Crippen molar-refractivity contribution in [2.24, 2.45) is 0 Å². The summed E-state index contributed by atoms with van der Waals surface area (Å²) in [7, 11) is 0. The van der Waals surface area contributed by atoms with Gasteiger partial charge in [0.05, 0.1) is 6.04 Å². The number of alkyl carbamates (subject to hydrolysis) is 1. The minimum absolute atomic E-state index is 0.185. The largest absolute Gasteiger partial charge is 0.465 e. The van der Waals surface area contributed by atoms with Crippen LogP contribution < -0.4 is 10.2 Å². The van der Waals surface area contributed by atoms with E-state index in [0.29, 0.717) is 26.2 Å². The first-order valence-electron chi connectivity index (χ1n) is 8.48. The van der Waals surface area contributed by atoms with Gasteiger partial charge in [-0.05, 0) is 45.4 Å². The summed E-state index contributed by atoms with van der Waals surface area (Å²) in [6.45, 7) is 9.69. The molecule has 138 valence electrons. The van der Waals surface area contributed by atoms with Gasteiger partial charge in [0.2, 0.25) is 0 Å². The summed E-state index contributed by atoms with van der Waals surface area (Å²) in [6.07, 6.45) is -1.32. The number of amides is 2. The Hall–Kier alpha value is -2.44. The second kappa shape index (κ2) is 7.63. The minimum Gasteiger partial charge on any atom is -0.465 e. The number of anilines is 1. The Balaban J connectivity index is 1.99. The van der Waals surface area contributed by atoms with Crippen LogP contribution in [-0.2, 0) is 4.74 Å². The summed E-state index contributed by atoms with van der Waals surface area (Å²) in [4.78, 5) is 26.5. The molecule has 1 aliphatic rings. The fourth-order valence-electron chi connectivity index (χ4n) is 2.71. The van der Waals surface area contributed by atoms with Crippen LogP contribution in [0.3, 0.4) is 0 Å². The number of nitrogens with zero attached hydrogens (tertiary/aromatic N) is 2. The maximum atomic E-state index is 11.9. The fourth-order valence-corrected chi connectivity index (χ4v) is 2.71. The van der Waals surface area contributed by atoms with Crippen LogP contribution in [0.5, 0.6) is 0 Å². The lowest BCUT2D eigenvalue weighted by Crippen LogP contribution is -2.48. The maximum absolute atomic E-state index is 11.9. The molecular weight excluding hydrogens is 322 g/mol. The number of ether oxygens (including phenoxy) is 1. The molecule has 2 rings (SSSR count). The van der Waals surface area contributed by atoms with E-state index in [1.807, 2.05) is 52.0 Å². The smallest absolute Gasteiger partial charge is 0.408 e. The van der Waals surface area contributed by atoms with Crippen LogP contribution in [-0.4, -0.2) is 54.0 Å². The van der Waals surface area contributed by atoms with Gasteiger partial charge in [-0.2, -0.15) is 0 Å². The van der Waals surface area contributed by atoms with Crippen LogP contribution in [0.25, 0.3) is 0 Å². The van der Waals surface area contributed by atoms with Crippen LogP contribution in [0.1, 0.15) is 39.3 Å². The van der Waals surface area contributed by atoms with Crippen molar-refractivity contribution >= 4 is 17.9 Å². The first kappa shape index (κ1) is 18.9. The van der Waals surface area contributed by atoms with Crippen LogP contribution in [0.15, 0.2) is 24.3 Å². The van der Waals surface area contributed by atoms with Crippen LogP contribution in [0.2, 0.25) is 0 Å². The highest BCUT2D eigenvalue weighted by molar-refractivity contribution is 5.68. The Morgan fingerprint density at radius 1 is 1.20 bits per heavy atom. The first-order valence-corrected chi connectivity index (χ1v) is 8.48. The molecule has 1 aromatic carbocycles. The van der Waals surface area contributed by atoms with Gasteiger partial charge in [0.15, 0.2) is 0 Å². The van der Waals surface area contributed by atoms with Gasteiger partial charge in [0, 0.05) is 31.9 Å². The first-order chi connectivity index (χ1) is 11.7. The van der Waals surface area contributed by atoms with E-state index in [9.17, 15) is 9.59 Å². The topological polar surface area (TPSA) is 82.1 Å². The number of rotatable bonds is 3. The molecule has 7 heteroatoms. The number of piperazine rings is 1. The van der Waals surface area contributed by atoms with Gasteiger partial charge in [0.1, 0.15) is 5.60 Å². The van der Waals surface area contributed by atoms with Gasteiger partial charge < -0.3 is 25.0 Å². The summed E-state index contributed by atoms with van der Waals surface area (Å²) >= 11 is 0. The average Bonchev–Trinajstić information content (AvgIpc) is 2.53. The number of nitrogens with one attached hydrogen (secondary N) is 1. The van der Waals surface area contributed by atoms with Crippen molar-refractivity contribution < 1.29 is 19.4 Å². The average molecular weight is 349 g/mol. The Labute approximate surface area is 148 Å². The molecule has 1 saturated heterocycles. The maximum Gasteiger partial charge on any atom is 0.408 e. The Kier molecular flexibility index (Phi) is 5.77. The molecule has 1 heterocycles. The monoisotopic (exact) mass is 349 g/mol. The van der Waals surface area contributed by atoms with E-state index in [0.717, 1.165) is 11.3 Å². The minimum atomic E-state index is -0.872. The molecule has 0 spiro atoms. The van der Waals surface area contributed by atoms with Crippen molar-refractivity contribution in [3.63, 3.8) is 0 Å². The molecule has 25 heavy (non-hydrogen) atoms.